The van der Waals surface area contributed by atoms with E-state index in [2.05, 4.69) is 43.2 Å². The average molecular weight is 290 g/mol. The van der Waals surface area contributed by atoms with Crippen molar-refractivity contribution in [3.63, 3.8) is 0 Å². The van der Waals surface area contributed by atoms with Gasteiger partial charge in [0.05, 0.1) is 18.0 Å². The molecule has 1 aliphatic rings. The molecule has 1 aromatic rings. The zero-order valence-corrected chi connectivity index (χ0v) is 13.8. The molecule has 1 aliphatic carbocycles. The summed E-state index contributed by atoms with van der Waals surface area (Å²) in [6.45, 7) is 7.75. The van der Waals surface area contributed by atoms with Crippen LogP contribution < -0.4 is 10.1 Å². The smallest absolute Gasteiger partial charge is 0.138 e. The molecule has 0 saturated heterocycles. The van der Waals surface area contributed by atoms with Crippen LogP contribution in [0.15, 0.2) is 18.3 Å². The van der Waals surface area contributed by atoms with Crippen molar-refractivity contribution in [3.8, 4) is 5.75 Å². The predicted octanol–water partition coefficient (Wildman–Crippen LogP) is 4.49. The van der Waals surface area contributed by atoms with E-state index in [1.165, 1.54) is 25.7 Å². The molecule has 118 valence electrons. The standard InChI is InChI=1S/C18H30N2O/c1-4-11-19-17(5-2)18-10-9-16(13-20-18)21-15-8-6-7-14(3)12-15/h9-10,13-15,17,19H,4-8,11-12H2,1-3H3. The molecule has 1 heterocycles. The Hall–Kier alpha value is -1.09. The summed E-state index contributed by atoms with van der Waals surface area (Å²) in [5.74, 6) is 1.71. The number of aromatic nitrogens is 1. The lowest BCUT2D eigenvalue weighted by atomic mass is 9.89. The van der Waals surface area contributed by atoms with Gasteiger partial charge >= 0.3 is 0 Å². The maximum absolute atomic E-state index is 6.09. The molecule has 0 spiro atoms. The first kappa shape index (κ1) is 16.3. The molecule has 1 saturated carbocycles. The van der Waals surface area contributed by atoms with E-state index in [0.717, 1.165) is 36.7 Å². The monoisotopic (exact) mass is 290 g/mol. The van der Waals surface area contributed by atoms with Gasteiger partial charge in [0.25, 0.3) is 0 Å². The van der Waals surface area contributed by atoms with Gasteiger partial charge in [-0.15, -0.1) is 0 Å². The van der Waals surface area contributed by atoms with Crippen molar-refractivity contribution in [1.82, 2.24) is 10.3 Å². The van der Waals surface area contributed by atoms with E-state index in [4.69, 9.17) is 4.74 Å². The summed E-state index contributed by atoms with van der Waals surface area (Å²) in [6.07, 6.45) is 9.48. The van der Waals surface area contributed by atoms with Crippen LogP contribution in [0.4, 0.5) is 0 Å². The molecule has 0 amide bonds. The van der Waals surface area contributed by atoms with Crippen molar-refractivity contribution in [1.29, 1.82) is 0 Å². The van der Waals surface area contributed by atoms with E-state index in [1.54, 1.807) is 0 Å². The van der Waals surface area contributed by atoms with E-state index in [0.29, 0.717) is 12.1 Å². The topological polar surface area (TPSA) is 34.1 Å². The summed E-state index contributed by atoms with van der Waals surface area (Å²) in [5.41, 5.74) is 1.12. The fraction of sp³-hybridized carbons (Fsp3) is 0.722. The van der Waals surface area contributed by atoms with Crippen molar-refractivity contribution in [2.24, 2.45) is 5.92 Å². The molecule has 3 heteroatoms. The molecular weight excluding hydrogens is 260 g/mol. The SMILES string of the molecule is CCCNC(CC)c1ccc(OC2CCCC(C)C2)cn1. The van der Waals surface area contributed by atoms with Gasteiger partial charge in [0, 0.05) is 6.04 Å². The molecule has 21 heavy (non-hydrogen) atoms. The van der Waals surface area contributed by atoms with Crippen LogP contribution in [0.5, 0.6) is 5.75 Å². The molecule has 0 aromatic carbocycles. The Morgan fingerprint density at radius 3 is 2.81 bits per heavy atom. The van der Waals surface area contributed by atoms with Gasteiger partial charge in [-0.3, -0.25) is 4.98 Å². The van der Waals surface area contributed by atoms with Crippen LogP contribution in [0.2, 0.25) is 0 Å². The number of pyridine rings is 1. The molecule has 1 fully saturated rings. The number of ether oxygens (including phenoxy) is 1. The third-order valence-corrected chi connectivity index (χ3v) is 4.36. The number of hydrogen-bond donors (Lipinski definition) is 1. The molecule has 3 unspecified atom stereocenters. The normalized spacial score (nSPS) is 23.8. The highest BCUT2D eigenvalue weighted by molar-refractivity contribution is 5.22. The fourth-order valence-corrected chi connectivity index (χ4v) is 3.12. The third kappa shape index (κ3) is 4.99. The van der Waals surface area contributed by atoms with Gasteiger partial charge in [-0.05, 0) is 56.7 Å². The molecule has 0 radical (unpaired) electrons. The molecule has 1 N–H and O–H groups in total. The lowest BCUT2D eigenvalue weighted by molar-refractivity contribution is 0.128. The first-order chi connectivity index (χ1) is 10.2. The minimum Gasteiger partial charge on any atom is -0.489 e. The summed E-state index contributed by atoms with van der Waals surface area (Å²) in [5, 5.41) is 3.54. The molecule has 0 bridgehead atoms. The second-order valence-corrected chi connectivity index (χ2v) is 6.35. The Kier molecular flexibility index (Phi) is 6.50. The number of nitrogens with one attached hydrogen (secondary N) is 1. The zero-order valence-electron chi connectivity index (χ0n) is 13.8. The summed E-state index contributed by atoms with van der Waals surface area (Å²) in [7, 11) is 0. The third-order valence-electron chi connectivity index (χ3n) is 4.36. The lowest BCUT2D eigenvalue weighted by Crippen LogP contribution is -2.24. The maximum Gasteiger partial charge on any atom is 0.138 e. The lowest BCUT2D eigenvalue weighted by Gasteiger charge is -2.27. The summed E-state index contributed by atoms with van der Waals surface area (Å²) in [6, 6.07) is 4.55. The quantitative estimate of drug-likeness (QED) is 0.803. The Morgan fingerprint density at radius 2 is 2.19 bits per heavy atom. The van der Waals surface area contributed by atoms with Crippen molar-refractivity contribution in [2.75, 3.05) is 6.54 Å². The molecule has 1 aromatic heterocycles. The van der Waals surface area contributed by atoms with Crippen LogP contribution in [0.3, 0.4) is 0 Å². The molecule has 2 rings (SSSR count). The van der Waals surface area contributed by atoms with Crippen LogP contribution in [-0.2, 0) is 0 Å². The minimum atomic E-state index is 0.355. The second kappa shape index (κ2) is 8.38. The van der Waals surface area contributed by atoms with Gasteiger partial charge in [-0.1, -0.05) is 27.2 Å². The number of nitrogens with zero attached hydrogens (tertiary/aromatic N) is 1. The van der Waals surface area contributed by atoms with Crippen molar-refractivity contribution in [3.05, 3.63) is 24.0 Å². The van der Waals surface area contributed by atoms with Crippen LogP contribution in [0, 0.1) is 5.92 Å². The Balaban J connectivity index is 1.91. The summed E-state index contributed by atoms with van der Waals surface area (Å²) < 4.78 is 6.09. The van der Waals surface area contributed by atoms with E-state index in [9.17, 15) is 0 Å². The second-order valence-electron chi connectivity index (χ2n) is 6.35. The number of rotatable bonds is 7. The number of hydrogen-bond acceptors (Lipinski definition) is 3. The zero-order chi connectivity index (χ0) is 15.1. The molecule has 0 aliphatic heterocycles. The van der Waals surface area contributed by atoms with Gasteiger partial charge < -0.3 is 10.1 Å². The Bertz CT molecular complexity index is 404. The fourth-order valence-electron chi connectivity index (χ4n) is 3.12. The van der Waals surface area contributed by atoms with Gasteiger partial charge in [-0.25, -0.2) is 0 Å². The molecule has 3 atom stereocenters. The van der Waals surface area contributed by atoms with E-state index < -0.39 is 0 Å². The van der Waals surface area contributed by atoms with Crippen LogP contribution >= 0.6 is 0 Å². The van der Waals surface area contributed by atoms with Crippen LogP contribution in [-0.4, -0.2) is 17.6 Å². The highest BCUT2D eigenvalue weighted by atomic mass is 16.5. The molecular formula is C18H30N2O. The van der Waals surface area contributed by atoms with Crippen LogP contribution in [0.25, 0.3) is 0 Å². The van der Waals surface area contributed by atoms with Crippen molar-refractivity contribution in [2.45, 2.75) is 71.4 Å². The van der Waals surface area contributed by atoms with E-state index in [1.807, 2.05) is 6.20 Å². The highest BCUT2D eigenvalue weighted by Crippen LogP contribution is 2.27. The van der Waals surface area contributed by atoms with E-state index >= 15 is 0 Å². The summed E-state index contributed by atoms with van der Waals surface area (Å²) in [4.78, 5) is 4.60. The van der Waals surface area contributed by atoms with Gasteiger partial charge in [0.2, 0.25) is 0 Å². The first-order valence-corrected chi connectivity index (χ1v) is 8.58. The minimum absolute atomic E-state index is 0.355. The van der Waals surface area contributed by atoms with Gasteiger partial charge in [0.15, 0.2) is 0 Å². The predicted molar refractivity (Wildman–Crippen MR) is 87.6 cm³/mol. The highest BCUT2D eigenvalue weighted by Gasteiger charge is 2.20. The first-order valence-electron chi connectivity index (χ1n) is 8.58. The Labute approximate surface area is 129 Å². The average Bonchev–Trinajstić information content (AvgIpc) is 2.49. The Morgan fingerprint density at radius 1 is 1.33 bits per heavy atom. The van der Waals surface area contributed by atoms with Crippen LogP contribution in [0.1, 0.15) is 71.0 Å². The van der Waals surface area contributed by atoms with Gasteiger partial charge in [-0.2, -0.15) is 0 Å². The summed E-state index contributed by atoms with van der Waals surface area (Å²) >= 11 is 0. The molecule has 3 nitrogen and oxygen atoms in total. The van der Waals surface area contributed by atoms with E-state index in [-0.39, 0.29) is 0 Å². The van der Waals surface area contributed by atoms with Crippen molar-refractivity contribution < 1.29 is 4.74 Å². The maximum atomic E-state index is 6.09. The van der Waals surface area contributed by atoms with Crippen molar-refractivity contribution >= 4 is 0 Å². The largest absolute Gasteiger partial charge is 0.489 e. The van der Waals surface area contributed by atoms with Gasteiger partial charge in [0.1, 0.15) is 5.75 Å².